The Morgan fingerprint density at radius 1 is 1.42 bits per heavy atom. The molecule has 0 aliphatic rings. The number of ether oxygens (including phenoxy) is 1. The van der Waals surface area contributed by atoms with Gasteiger partial charge in [0, 0.05) is 11.1 Å². The monoisotopic (exact) mass is 299 g/mol. The van der Waals surface area contributed by atoms with Crippen LogP contribution < -0.4 is 10.5 Å². The van der Waals surface area contributed by atoms with Gasteiger partial charge in [-0.15, -0.1) is 0 Å². The Labute approximate surface area is 119 Å². The lowest BCUT2D eigenvalue weighted by molar-refractivity contribution is 0.307. The second kappa shape index (κ2) is 5.50. The molecular weight excluding hydrogens is 289 g/mol. The Bertz CT molecular complexity index is 659. The Balaban J connectivity index is 2.55. The highest BCUT2D eigenvalue weighted by Gasteiger charge is 2.13. The van der Waals surface area contributed by atoms with Gasteiger partial charge in [-0.1, -0.05) is 28.4 Å². The van der Waals surface area contributed by atoms with Crippen LogP contribution in [-0.4, -0.2) is 22.6 Å². The summed E-state index contributed by atoms with van der Waals surface area (Å²) in [6.45, 7) is 1.75. The van der Waals surface area contributed by atoms with Crippen molar-refractivity contribution in [1.82, 2.24) is 4.98 Å². The highest BCUT2D eigenvalue weighted by Crippen LogP contribution is 2.37. The topological polar surface area (TPSA) is 80.7 Å². The molecular formula is C12H11Cl2N3O2. The summed E-state index contributed by atoms with van der Waals surface area (Å²) >= 11 is 12.2. The summed E-state index contributed by atoms with van der Waals surface area (Å²) in [5.74, 6) is 0.295. The van der Waals surface area contributed by atoms with Crippen LogP contribution in [0.3, 0.4) is 0 Å². The van der Waals surface area contributed by atoms with Crippen LogP contribution in [-0.2, 0) is 0 Å². The van der Waals surface area contributed by atoms with Gasteiger partial charge in [-0.05, 0) is 25.1 Å². The molecule has 0 unspecified atom stereocenters. The van der Waals surface area contributed by atoms with Crippen LogP contribution in [0.2, 0.25) is 10.0 Å². The predicted molar refractivity (Wildman–Crippen MR) is 75.4 cm³/mol. The second-order valence-corrected chi connectivity index (χ2v) is 4.71. The molecule has 2 aromatic rings. The molecule has 0 fully saturated rings. The van der Waals surface area contributed by atoms with Gasteiger partial charge in [-0.2, -0.15) is 0 Å². The molecule has 0 saturated carbocycles. The van der Waals surface area contributed by atoms with Crippen LogP contribution in [0, 0.1) is 6.92 Å². The van der Waals surface area contributed by atoms with E-state index in [1.165, 1.54) is 0 Å². The average Bonchev–Trinajstić information content (AvgIpc) is 2.37. The van der Waals surface area contributed by atoms with E-state index in [-0.39, 0.29) is 12.4 Å². The van der Waals surface area contributed by atoms with Crippen molar-refractivity contribution in [2.45, 2.75) is 6.92 Å². The Hall–Kier alpha value is -1.72. The molecule has 2 rings (SSSR count). The number of amidine groups is 1. The summed E-state index contributed by atoms with van der Waals surface area (Å²) in [5, 5.41) is 12.9. The van der Waals surface area contributed by atoms with Crippen molar-refractivity contribution in [3.8, 4) is 5.75 Å². The smallest absolute Gasteiger partial charge is 0.177 e. The van der Waals surface area contributed by atoms with Crippen LogP contribution >= 0.6 is 23.2 Å². The molecule has 1 heterocycles. The number of hydrogen-bond donors (Lipinski definition) is 2. The van der Waals surface area contributed by atoms with Gasteiger partial charge in [0.15, 0.2) is 11.6 Å². The summed E-state index contributed by atoms with van der Waals surface area (Å²) in [6.07, 6.45) is 0. The summed E-state index contributed by atoms with van der Waals surface area (Å²) in [5.41, 5.74) is 6.71. The number of halogens is 2. The van der Waals surface area contributed by atoms with Gasteiger partial charge in [0.25, 0.3) is 0 Å². The second-order valence-electron chi connectivity index (χ2n) is 3.90. The molecule has 0 saturated heterocycles. The van der Waals surface area contributed by atoms with E-state index in [1.807, 2.05) is 19.1 Å². The minimum Gasteiger partial charge on any atom is -0.482 e. The van der Waals surface area contributed by atoms with Crippen molar-refractivity contribution in [2.75, 3.05) is 6.61 Å². The standard InChI is InChI=1S/C12H11Cl2N3O2/c1-6-2-3-7-8(13)4-9(14)12(11(7)16-6)19-5-10(15)17-18/h2-4,18H,5H2,1H3,(H2,15,17). The number of pyridine rings is 1. The van der Waals surface area contributed by atoms with E-state index in [1.54, 1.807) is 6.07 Å². The highest BCUT2D eigenvalue weighted by atomic mass is 35.5. The van der Waals surface area contributed by atoms with Gasteiger partial charge in [-0.3, -0.25) is 0 Å². The maximum atomic E-state index is 8.50. The van der Waals surface area contributed by atoms with Crippen LogP contribution in [0.1, 0.15) is 5.69 Å². The van der Waals surface area contributed by atoms with Crippen molar-refractivity contribution >= 4 is 39.9 Å². The zero-order valence-electron chi connectivity index (χ0n) is 10.0. The Morgan fingerprint density at radius 3 is 2.84 bits per heavy atom. The Kier molecular flexibility index (Phi) is 3.97. The quantitative estimate of drug-likeness (QED) is 0.395. The minimum absolute atomic E-state index is 0.0631. The third-order valence-electron chi connectivity index (χ3n) is 2.47. The predicted octanol–water partition coefficient (Wildman–Crippen LogP) is 2.98. The normalized spacial score (nSPS) is 11.8. The number of aromatic nitrogens is 1. The van der Waals surface area contributed by atoms with Crippen LogP contribution in [0.15, 0.2) is 23.4 Å². The van der Waals surface area contributed by atoms with Crippen molar-refractivity contribution in [3.05, 3.63) is 33.9 Å². The molecule has 0 atom stereocenters. The number of rotatable bonds is 3. The SMILES string of the molecule is Cc1ccc2c(Cl)cc(Cl)c(OCC(N)=NO)c2n1. The number of hydrogen-bond acceptors (Lipinski definition) is 4. The lowest BCUT2D eigenvalue weighted by Gasteiger charge is -2.11. The van der Waals surface area contributed by atoms with E-state index >= 15 is 0 Å². The maximum absolute atomic E-state index is 8.50. The van der Waals surface area contributed by atoms with Crippen LogP contribution in [0.25, 0.3) is 10.9 Å². The van der Waals surface area contributed by atoms with E-state index in [9.17, 15) is 0 Å². The third kappa shape index (κ3) is 2.83. The molecule has 19 heavy (non-hydrogen) atoms. The van der Waals surface area contributed by atoms with Crippen LogP contribution in [0.4, 0.5) is 0 Å². The first kappa shape index (κ1) is 13.7. The van der Waals surface area contributed by atoms with Gasteiger partial charge in [0.2, 0.25) is 0 Å². The van der Waals surface area contributed by atoms with Crippen molar-refractivity contribution in [1.29, 1.82) is 0 Å². The van der Waals surface area contributed by atoms with E-state index in [4.69, 9.17) is 38.9 Å². The lowest BCUT2D eigenvalue weighted by Crippen LogP contribution is -2.21. The van der Waals surface area contributed by atoms with Gasteiger partial charge in [0.05, 0.1) is 10.0 Å². The molecule has 3 N–H and O–H groups in total. The van der Waals surface area contributed by atoms with E-state index in [0.29, 0.717) is 21.3 Å². The first-order valence-corrected chi connectivity index (χ1v) is 6.13. The van der Waals surface area contributed by atoms with E-state index in [0.717, 1.165) is 11.1 Å². The lowest BCUT2D eigenvalue weighted by atomic mass is 10.2. The number of nitrogens with two attached hydrogens (primary N) is 1. The van der Waals surface area contributed by atoms with Crippen molar-refractivity contribution in [2.24, 2.45) is 10.9 Å². The van der Waals surface area contributed by atoms with Crippen molar-refractivity contribution < 1.29 is 9.94 Å². The van der Waals surface area contributed by atoms with E-state index < -0.39 is 0 Å². The number of nitrogens with zero attached hydrogens (tertiary/aromatic N) is 2. The largest absolute Gasteiger partial charge is 0.482 e. The molecule has 1 aromatic carbocycles. The molecule has 7 heteroatoms. The molecule has 0 aliphatic heterocycles. The van der Waals surface area contributed by atoms with Crippen LogP contribution in [0.5, 0.6) is 5.75 Å². The van der Waals surface area contributed by atoms with E-state index in [2.05, 4.69) is 10.1 Å². The van der Waals surface area contributed by atoms with Gasteiger partial charge >= 0.3 is 0 Å². The summed E-state index contributed by atoms with van der Waals surface area (Å²) in [7, 11) is 0. The summed E-state index contributed by atoms with van der Waals surface area (Å²) < 4.78 is 5.44. The molecule has 0 aliphatic carbocycles. The molecule has 0 amide bonds. The van der Waals surface area contributed by atoms with Gasteiger partial charge in [-0.25, -0.2) is 4.98 Å². The zero-order valence-corrected chi connectivity index (χ0v) is 11.5. The first-order valence-electron chi connectivity index (χ1n) is 5.37. The minimum atomic E-state index is -0.0947. The molecule has 0 spiro atoms. The van der Waals surface area contributed by atoms with Gasteiger partial charge in [0.1, 0.15) is 12.1 Å². The molecule has 5 nitrogen and oxygen atoms in total. The first-order chi connectivity index (χ1) is 9.02. The fraction of sp³-hybridized carbons (Fsp3) is 0.167. The number of fused-ring (bicyclic) bond motifs is 1. The summed E-state index contributed by atoms with van der Waals surface area (Å²) in [6, 6.07) is 5.26. The molecule has 1 aromatic heterocycles. The molecule has 0 bridgehead atoms. The number of benzene rings is 1. The maximum Gasteiger partial charge on any atom is 0.177 e. The molecule has 0 radical (unpaired) electrons. The van der Waals surface area contributed by atoms with Crippen molar-refractivity contribution in [3.63, 3.8) is 0 Å². The number of aryl methyl sites for hydroxylation is 1. The average molecular weight is 300 g/mol. The molecule has 100 valence electrons. The third-order valence-corrected chi connectivity index (χ3v) is 3.06. The summed E-state index contributed by atoms with van der Waals surface area (Å²) in [4.78, 5) is 4.36. The zero-order chi connectivity index (χ0) is 14.0. The van der Waals surface area contributed by atoms with Gasteiger partial charge < -0.3 is 15.7 Å². The Morgan fingerprint density at radius 2 is 2.16 bits per heavy atom. The highest BCUT2D eigenvalue weighted by molar-refractivity contribution is 6.39. The number of oxime groups is 1. The fourth-order valence-corrected chi connectivity index (χ4v) is 2.17. The fourth-order valence-electron chi connectivity index (χ4n) is 1.60.